The molecular formula is C22H26N4O4S. The molecule has 3 aromatic rings. The average molecular weight is 443 g/mol. The van der Waals surface area contributed by atoms with Crippen molar-refractivity contribution in [2.45, 2.75) is 57.4 Å². The van der Waals surface area contributed by atoms with Crippen LogP contribution >= 0.6 is 0 Å². The molecule has 164 valence electrons. The van der Waals surface area contributed by atoms with Crippen LogP contribution < -0.4 is 10.3 Å². The molecule has 1 aliphatic carbocycles. The number of hydrogen-bond donors (Lipinski definition) is 2. The van der Waals surface area contributed by atoms with Crippen LogP contribution in [0.1, 0.15) is 45.4 Å². The first-order valence-corrected chi connectivity index (χ1v) is 11.7. The van der Waals surface area contributed by atoms with Crippen molar-refractivity contribution >= 4 is 10.0 Å². The number of H-pyrrole nitrogens is 1. The average Bonchev–Trinajstić information content (AvgIpc) is 3.16. The number of fused-ring (bicyclic) bond motifs is 1. The second-order valence-corrected chi connectivity index (χ2v) is 10.9. The zero-order valence-electron chi connectivity index (χ0n) is 18.0. The molecule has 2 aromatic heterocycles. The molecule has 2 N–H and O–H groups in total. The van der Waals surface area contributed by atoms with Crippen molar-refractivity contribution in [3.05, 3.63) is 51.9 Å². The van der Waals surface area contributed by atoms with Gasteiger partial charge in [-0.1, -0.05) is 18.1 Å². The lowest BCUT2D eigenvalue weighted by molar-refractivity contribution is 0.432. The van der Waals surface area contributed by atoms with Crippen molar-refractivity contribution in [1.29, 1.82) is 0 Å². The molecule has 0 radical (unpaired) electrons. The van der Waals surface area contributed by atoms with Crippen LogP contribution in [0, 0.1) is 5.92 Å². The molecule has 0 saturated heterocycles. The summed E-state index contributed by atoms with van der Waals surface area (Å²) in [5, 5.41) is 3.97. The minimum absolute atomic E-state index is 0.0975. The quantitative estimate of drug-likeness (QED) is 0.640. The van der Waals surface area contributed by atoms with Gasteiger partial charge in [-0.25, -0.2) is 13.1 Å². The molecular weight excluding hydrogens is 416 g/mol. The van der Waals surface area contributed by atoms with Crippen LogP contribution in [0.2, 0.25) is 0 Å². The molecule has 1 aliphatic rings. The summed E-state index contributed by atoms with van der Waals surface area (Å²) in [6, 6.07) is 8.12. The molecule has 0 aliphatic heterocycles. The van der Waals surface area contributed by atoms with Gasteiger partial charge < -0.3 is 9.51 Å². The molecule has 0 bridgehead atoms. The Labute approximate surface area is 181 Å². The summed E-state index contributed by atoms with van der Waals surface area (Å²) in [5.41, 5.74) is 2.00. The van der Waals surface area contributed by atoms with Crippen molar-refractivity contribution in [3.8, 4) is 22.8 Å². The van der Waals surface area contributed by atoms with E-state index in [1.165, 1.54) is 12.1 Å². The molecule has 9 heteroatoms. The summed E-state index contributed by atoms with van der Waals surface area (Å²) < 4.78 is 33.3. The van der Waals surface area contributed by atoms with E-state index < -0.39 is 15.6 Å². The molecule has 4 rings (SSSR count). The fourth-order valence-corrected chi connectivity index (χ4v) is 5.22. The predicted octanol–water partition coefficient (Wildman–Crippen LogP) is 3.29. The lowest BCUT2D eigenvalue weighted by atomic mass is 9.87. The van der Waals surface area contributed by atoms with E-state index in [0.29, 0.717) is 17.0 Å². The Balaban J connectivity index is 1.68. The van der Waals surface area contributed by atoms with Gasteiger partial charge in [0.25, 0.3) is 11.4 Å². The molecule has 8 nitrogen and oxygen atoms in total. The molecule has 0 saturated carbocycles. The van der Waals surface area contributed by atoms with Gasteiger partial charge in [-0.2, -0.15) is 4.98 Å². The van der Waals surface area contributed by atoms with E-state index in [-0.39, 0.29) is 22.2 Å². The fraction of sp³-hybridized carbons (Fsp3) is 0.409. The summed E-state index contributed by atoms with van der Waals surface area (Å²) in [4.78, 5) is 20.0. The standard InChI is InChI=1S/C22H26N4O4S/c1-13-8-9-18-15(10-13)12-17(20(27)23-18)19-24-21(30-25-19)14-6-5-7-16(11-14)31(28,29)26-22(2,3)4/h5-7,11-13,26H,8-10H2,1-4H3,(H,23,27). The number of sulfonamides is 1. The summed E-state index contributed by atoms with van der Waals surface area (Å²) in [6.45, 7) is 7.51. The first-order chi connectivity index (χ1) is 14.5. The highest BCUT2D eigenvalue weighted by Crippen LogP contribution is 2.27. The van der Waals surface area contributed by atoms with Gasteiger partial charge in [0.05, 0.1) is 10.5 Å². The lowest BCUT2D eigenvalue weighted by Gasteiger charge is -2.21. The number of aryl methyl sites for hydroxylation is 1. The van der Waals surface area contributed by atoms with Crippen LogP contribution in [0.5, 0.6) is 0 Å². The highest BCUT2D eigenvalue weighted by Gasteiger charge is 2.24. The lowest BCUT2D eigenvalue weighted by Crippen LogP contribution is -2.40. The number of aromatic nitrogens is 3. The number of pyridine rings is 1. The normalized spacial score (nSPS) is 16.8. The van der Waals surface area contributed by atoms with Crippen molar-refractivity contribution in [2.24, 2.45) is 5.92 Å². The Bertz CT molecular complexity index is 1290. The van der Waals surface area contributed by atoms with Crippen LogP contribution in [0.4, 0.5) is 0 Å². The molecule has 1 aromatic carbocycles. The second kappa shape index (κ2) is 7.72. The molecule has 1 unspecified atom stereocenters. The molecule has 31 heavy (non-hydrogen) atoms. The second-order valence-electron chi connectivity index (χ2n) is 9.17. The fourth-order valence-electron chi connectivity index (χ4n) is 3.76. The first-order valence-electron chi connectivity index (χ1n) is 10.3. The summed E-state index contributed by atoms with van der Waals surface area (Å²) in [5.74, 6) is 0.880. The SMILES string of the molecule is CC1CCc2[nH]c(=O)c(-c3noc(-c4cccc(S(=O)(=O)NC(C)(C)C)c4)n3)cc2C1. The third-order valence-corrected chi connectivity index (χ3v) is 6.93. The number of rotatable bonds is 4. The van der Waals surface area contributed by atoms with Crippen LogP contribution in [-0.2, 0) is 22.9 Å². The Morgan fingerprint density at radius 3 is 2.74 bits per heavy atom. The van der Waals surface area contributed by atoms with Gasteiger partial charge >= 0.3 is 0 Å². The molecule has 0 spiro atoms. The van der Waals surface area contributed by atoms with Crippen molar-refractivity contribution in [3.63, 3.8) is 0 Å². The topological polar surface area (TPSA) is 118 Å². The Morgan fingerprint density at radius 1 is 1.23 bits per heavy atom. The third-order valence-electron chi connectivity index (χ3n) is 5.17. The van der Waals surface area contributed by atoms with Crippen LogP contribution in [0.25, 0.3) is 22.8 Å². The zero-order valence-corrected chi connectivity index (χ0v) is 18.8. The number of benzene rings is 1. The van der Waals surface area contributed by atoms with E-state index in [0.717, 1.165) is 30.5 Å². The monoisotopic (exact) mass is 442 g/mol. The van der Waals surface area contributed by atoms with Gasteiger partial charge in [0.2, 0.25) is 15.8 Å². The first kappa shape index (κ1) is 21.5. The summed E-state index contributed by atoms with van der Waals surface area (Å²) in [7, 11) is -3.71. The van der Waals surface area contributed by atoms with Gasteiger partial charge in [0.15, 0.2) is 0 Å². The largest absolute Gasteiger partial charge is 0.334 e. The number of hydrogen-bond acceptors (Lipinski definition) is 6. The predicted molar refractivity (Wildman–Crippen MR) is 117 cm³/mol. The summed E-state index contributed by atoms with van der Waals surface area (Å²) in [6.07, 6.45) is 2.80. The third kappa shape index (κ3) is 4.62. The van der Waals surface area contributed by atoms with Gasteiger partial charge in [0.1, 0.15) is 0 Å². The van der Waals surface area contributed by atoms with Gasteiger partial charge in [-0.05, 0) is 75.8 Å². The molecule has 1 atom stereocenters. The number of nitrogens with zero attached hydrogens (tertiary/aromatic N) is 2. The van der Waals surface area contributed by atoms with E-state index in [1.54, 1.807) is 32.9 Å². The Morgan fingerprint density at radius 2 is 2.00 bits per heavy atom. The highest BCUT2D eigenvalue weighted by atomic mass is 32.2. The van der Waals surface area contributed by atoms with Crippen LogP contribution in [0.3, 0.4) is 0 Å². The van der Waals surface area contributed by atoms with E-state index in [9.17, 15) is 13.2 Å². The molecule has 0 amide bonds. The Kier molecular flexibility index (Phi) is 5.35. The number of aromatic amines is 1. The van der Waals surface area contributed by atoms with Crippen molar-refractivity contribution < 1.29 is 12.9 Å². The van der Waals surface area contributed by atoms with Crippen molar-refractivity contribution in [1.82, 2.24) is 19.8 Å². The minimum atomic E-state index is -3.71. The minimum Gasteiger partial charge on any atom is -0.334 e. The number of nitrogens with one attached hydrogen (secondary N) is 2. The van der Waals surface area contributed by atoms with Gasteiger partial charge in [0, 0.05) is 16.8 Å². The maximum absolute atomic E-state index is 12.6. The maximum atomic E-state index is 12.6. The van der Waals surface area contributed by atoms with Crippen molar-refractivity contribution in [2.75, 3.05) is 0 Å². The summed E-state index contributed by atoms with van der Waals surface area (Å²) >= 11 is 0. The van der Waals surface area contributed by atoms with E-state index in [2.05, 4.69) is 26.8 Å². The van der Waals surface area contributed by atoms with Gasteiger partial charge in [-0.3, -0.25) is 4.79 Å². The molecule has 0 fully saturated rings. The van der Waals surface area contributed by atoms with E-state index in [1.807, 2.05) is 6.07 Å². The Hall–Kier alpha value is -2.78. The van der Waals surface area contributed by atoms with E-state index in [4.69, 9.17) is 4.52 Å². The molecule has 2 heterocycles. The van der Waals surface area contributed by atoms with Gasteiger partial charge in [-0.15, -0.1) is 0 Å². The highest BCUT2D eigenvalue weighted by molar-refractivity contribution is 7.89. The van der Waals surface area contributed by atoms with Crippen LogP contribution in [-0.4, -0.2) is 29.1 Å². The zero-order chi connectivity index (χ0) is 22.4. The smallest absolute Gasteiger partial charge is 0.259 e. The maximum Gasteiger partial charge on any atom is 0.259 e. The van der Waals surface area contributed by atoms with E-state index >= 15 is 0 Å². The van der Waals surface area contributed by atoms with Crippen LogP contribution in [0.15, 0.2) is 44.5 Å².